The van der Waals surface area contributed by atoms with Gasteiger partial charge in [0.1, 0.15) is 5.75 Å². The summed E-state index contributed by atoms with van der Waals surface area (Å²) < 4.78 is 5.87. The Labute approximate surface area is 119 Å². The van der Waals surface area contributed by atoms with Gasteiger partial charge in [-0.25, -0.2) is 0 Å². The number of azide groups is 1. The van der Waals surface area contributed by atoms with E-state index in [0.29, 0.717) is 17.7 Å². The average molecular weight is 284 g/mol. The number of hydrogen-bond donors (Lipinski definition) is 1. The van der Waals surface area contributed by atoms with Crippen LogP contribution in [0.5, 0.6) is 5.75 Å². The van der Waals surface area contributed by atoms with E-state index in [-0.39, 0.29) is 17.9 Å². The highest BCUT2D eigenvalue weighted by Crippen LogP contribution is 2.40. The third-order valence-corrected chi connectivity index (χ3v) is 3.74. The molecular formula is C14H12N4O3. The van der Waals surface area contributed by atoms with Crippen molar-refractivity contribution in [2.45, 2.75) is 18.9 Å². The maximum Gasteiger partial charge on any atom is 0.248 e. The number of H-pyrrole nitrogens is 1. The van der Waals surface area contributed by atoms with Gasteiger partial charge < -0.3 is 9.72 Å². The lowest BCUT2D eigenvalue weighted by Crippen LogP contribution is -2.45. The molecule has 1 unspecified atom stereocenters. The van der Waals surface area contributed by atoms with E-state index in [4.69, 9.17) is 10.3 Å². The largest absolute Gasteiger partial charge is 0.478 e. The molecule has 1 aromatic carbocycles. The molecule has 1 aliphatic rings. The summed E-state index contributed by atoms with van der Waals surface area (Å²) in [5.41, 5.74) is 8.64. The van der Waals surface area contributed by atoms with Crippen LogP contribution in [0.3, 0.4) is 0 Å². The molecule has 7 nitrogen and oxygen atoms in total. The Morgan fingerprint density at radius 1 is 1.48 bits per heavy atom. The number of nitrogens with one attached hydrogen (secondary N) is 1. The van der Waals surface area contributed by atoms with E-state index in [0.717, 1.165) is 10.9 Å². The van der Waals surface area contributed by atoms with Crippen LogP contribution in [0, 0.1) is 0 Å². The van der Waals surface area contributed by atoms with E-state index in [9.17, 15) is 9.59 Å². The maximum atomic E-state index is 12.0. The quantitative estimate of drug-likeness (QED) is 0.529. The van der Waals surface area contributed by atoms with Crippen LogP contribution < -0.4 is 10.3 Å². The molecule has 0 bridgehead atoms. The number of ether oxygens (including phenoxy) is 1. The fourth-order valence-electron chi connectivity index (χ4n) is 2.59. The van der Waals surface area contributed by atoms with Crippen molar-refractivity contribution in [1.82, 2.24) is 4.98 Å². The van der Waals surface area contributed by atoms with Crippen molar-refractivity contribution in [2.75, 3.05) is 6.54 Å². The lowest BCUT2D eigenvalue weighted by molar-refractivity contribution is -0.130. The smallest absolute Gasteiger partial charge is 0.248 e. The molecule has 0 saturated heterocycles. The van der Waals surface area contributed by atoms with Crippen molar-refractivity contribution in [3.8, 4) is 5.75 Å². The second-order valence-electron chi connectivity index (χ2n) is 5.06. The predicted molar refractivity (Wildman–Crippen MR) is 76.3 cm³/mol. The molecule has 0 radical (unpaired) electrons. The summed E-state index contributed by atoms with van der Waals surface area (Å²) in [6, 6.07) is 6.67. The standard InChI is InChI=1S/C14H12N4O3/c1-8(19)14(7-16-18-15)6-9-2-4-11-10(13(9)21-14)3-5-12(20)17-11/h2-5H,6-7H2,1H3,(H,17,20). The summed E-state index contributed by atoms with van der Waals surface area (Å²) in [7, 11) is 0. The Morgan fingerprint density at radius 3 is 3.00 bits per heavy atom. The van der Waals surface area contributed by atoms with Gasteiger partial charge in [0.2, 0.25) is 5.56 Å². The second-order valence-corrected chi connectivity index (χ2v) is 5.06. The number of pyridine rings is 1. The maximum absolute atomic E-state index is 12.0. The number of nitrogens with zero attached hydrogens (tertiary/aromatic N) is 3. The molecular weight excluding hydrogens is 272 g/mol. The molecule has 3 rings (SSSR count). The van der Waals surface area contributed by atoms with Crippen molar-refractivity contribution in [1.29, 1.82) is 0 Å². The number of carbonyl (C=O) groups is 1. The zero-order valence-electron chi connectivity index (χ0n) is 11.3. The molecule has 0 spiro atoms. The summed E-state index contributed by atoms with van der Waals surface area (Å²) in [5, 5.41) is 4.23. The topological polar surface area (TPSA) is 108 Å². The Bertz CT molecular complexity index is 851. The number of rotatable bonds is 3. The zero-order chi connectivity index (χ0) is 15.0. The zero-order valence-corrected chi connectivity index (χ0v) is 11.3. The molecule has 0 aliphatic carbocycles. The highest BCUT2D eigenvalue weighted by molar-refractivity contribution is 5.92. The number of hydrogen-bond acceptors (Lipinski definition) is 4. The van der Waals surface area contributed by atoms with Gasteiger partial charge in [0.25, 0.3) is 0 Å². The Kier molecular flexibility index (Phi) is 2.92. The molecule has 0 amide bonds. The molecule has 106 valence electrons. The second kappa shape index (κ2) is 4.64. The molecule has 1 aromatic heterocycles. The number of Topliss-reactive ketones (excluding diaryl/α,β-unsaturated/α-hetero) is 1. The molecule has 21 heavy (non-hydrogen) atoms. The van der Waals surface area contributed by atoms with E-state index in [2.05, 4.69) is 15.0 Å². The minimum atomic E-state index is -1.15. The summed E-state index contributed by atoms with van der Waals surface area (Å²) in [4.78, 5) is 28.7. The Balaban J connectivity index is 2.15. The fraction of sp³-hybridized carbons (Fsp3) is 0.286. The van der Waals surface area contributed by atoms with Crippen molar-refractivity contribution in [3.63, 3.8) is 0 Å². The van der Waals surface area contributed by atoms with Gasteiger partial charge >= 0.3 is 0 Å². The summed E-state index contributed by atoms with van der Waals surface area (Å²) in [6.07, 6.45) is 0.353. The van der Waals surface area contributed by atoms with E-state index >= 15 is 0 Å². The first-order valence-corrected chi connectivity index (χ1v) is 6.41. The fourth-order valence-corrected chi connectivity index (χ4v) is 2.59. The normalized spacial score (nSPS) is 19.7. The van der Waals surface area contributed by atoms with Gasteiger partial charge in [0.15, 0.2) is 11.4 Å². The van der Waals surface area contributed by atoms with Gasteiger partial charge in [0, 0.05) is 22.8 Å². The lowest BCUT2D eigenvalue weighted by Gasteiger charge is -2.23. The van der Waals surface area contributed by atoms with Crippen molar-refractivity contribution >= 4 is 16.7 Å². The number of carbonyl (C=O) groups excluding carboxylic acids is 1. The van der Waals surface area contributed by atoms with Crippen molar-refractivity contribution < 1.29 is 9.53 Å². The molecule has 7 heteroatoms. The van der Waals surface area contributed by atoms with Gasteiger partial charge in [-0.1, -0.05) is 11.2 Å². The SMILES string of the molecule is CC(=O)C1(CN=[N+]=[N-])Cc2ccc3[nH]c(=O)ccc3c2O1. The van der Waals surface area contributed by atoms with Crippen LogP contribution in [0.15, 0.2) is 34.2 Å². The van der Waals surface area contributed by atoms with Gasteiger partial charge in [-0.05, 0) is 30.2 Å². The van der Waals surface area contributed by atoms with Crippen LogP contribution in [0.1, 0.15) is 12.5 Å². The number of benzene rings is 1. The van der Waals surface area contributed by atoms with Crippen LogP contribution in [-0.4, -0.2) is 22.9 Å². The van der Waals surface area contributed by atoms with Crippen LogP contribution in [-0.2, 0) is 11.2 Å². The van der Waals surface area contributed by atoms with Crippen molar-refractivity contribution in [3.05, 3.63) is 50.6 Å². The highest BCUT2D eigenvalue weighted by atomic mass is 16.5. The van der Waals surface area contributed by atoms with E-state index < -0.39 is 5.60 Å². The molecule has 0 fully saturated rings. The van der Waals surface area contributed by atoms with Crippen LogP contribution in [0.2, 0.25) is 0 Å². The molecule has 0 saturated carbocycles. The Hall–Kier alpha value is -2.79. The third-order valence-electron chi connectivity index (χ3n) is 3.74. The van der Waals surface area contributed by atoms with Crippen LogP contribution in [0.25, 0.3) is 21.3 Å². The van der Waals surface area contributed by atoms with Gasteiger partial charge in [-0.2, -0.15) is 0 Å². The van der Waals surface area contributed by atoms with Crippen LogP contribution >= 0.6 is 0 Å². The molecule has 1 N–H and O–H groups in total. The van der Waals surface area contributed by atoms with E-state index in [1.54, 1.807) is 12.1 Å². The summed E-state index contributed by atoms with van der Waals surface area (Å²) in [5.74, 6) is 0.371. The number of aromatic amines is 1. The van der Waals surface area contributed by atoms with Gasteiger partial charge in [-0.3, -0.25) is 9.59 Å². The van der Waals surface area contributed by atoms with Gasteiger partial charge in [-0.15, -0.1) is 0 Å². The molecule has 1 atom stereocenters. The minimum Gasteiger partial charge on any atom is -0.478 e. The monoisotopic (exact) mass is 284 g/mol. The van der Waals surface area contributed by atoms with E-state index in [1.165, 1.54) is 13.0 Å². The van der Waals surface area contributed by atoms with Gasteiger partial charge in [0.05, 0.1) is 12.1 Å². The van der Waals surface area contributed by atoms with E-state index in [1.807, 2.05) is 6.07 Å². The number of aromatic nitrogens is 1. The van der Waals surface area contributed by atoms with Crippen molar-refractivity contribution in [2.24, 2.45) is 5.11 Å². The minimum absolute atomic E-state index is 0.0572. The first-order valence-electron chi connectivity index (χ1n) is 6.41. The molecule has 1 aliphatic heterocycles. The highest BCUT2D eigenvalue weighted by Gasteiger charge is 2.44. The summed E-state index contributed by atoms with van der Waals surface area (Å²) in [6.45, 7) is 1.36. The first-order chi connectivity index (χ1) is 10.1. The number of ketones is 1. The molecule has 2 aromatic rings. The third kappa shape index (κ3) is 2.04. The first kappa shape index (κ1) is 13.2. The predicted octanol–water partition coefficient (Wildman–Crippen LogP) is 2.10. The van der Waals surface area contributed by atoms with Crippen LogP contribution in [0.4, 0.5) is 0 Å². The number of fused-ring (bicyclic) bond motifs is 3. The average Bonchev–Trinajstić information content (AvgIpc) is 2.85. The molecule has 2 heterocycles. The Morgan fingerprint density at radius 2 is 2.29 bits per heavy atom. The lowest BCUT2D eigenvalue weighted by atomic mass is 9.93. The summed E-state index contributed by atoms with van der Waals surface area (Å²) >= 11 is 0.